The molecule has 0 unspecified atom stereocenters. The van der Waals surface area contributed by atoms with E-state index in [1.807, 2.05) is 0 Å². The summed E-state index contributed by atoms with van der Waals surface area (Å²) in [6.07, 6.45) is -3.71. The van der Waals surface area contributed by atoms with Crippen LogP contribution in [0.3, 0.4) is 0 Å². The molecule has 7 nitrogen and oxygen atoms in total. The highest BCUT2D eigenvalue weighted by molar-refractivity contribution is 7.90. The molecule has 0 bridgehead atoms. The number of hydrogen-bond acceptors (Lipinski definition) is 5. The first-order valence-electron chi connectivity index (χ1n) is 9.80. The second-order valence-corrected chi connectivity index (χ2v) is 10.0. The SMILES string of the molecule is CCOc1cc([C@H](CS(C)(=O)=O)n2c(=O)n(CC(F)(F)F)c3c(Cl)cccc32)ccc1OC. The molecule has 0 aliphatic rings. The van der Waals surface area contributed by atoms with Gasteiger partial charge in [-0.1, -0.05) is 23.7 Å². The maximum Gasteiger partial charge on any atom is 0.406 e. The molecule has 3 aromatic rings. The largest absolute Gasteiger partial charge is 0.493 e. The van der Waals surface area contributed by atoms with Crippen LogP contribution < -0.4 is 15.2 Å². The molecule has 12 heteroatoms. The van der Waals surface area contributed by atoms with E-state index < -0.39 is 40.0 Å². The molecule has 3 rings (SSSR count). The van der Waals surface area contributed by atoms with Crippen molar-refractivity contribution in [2.45, 2.75) is 25.7 Å². The van der Waals surface area contributed by atoms with Crippen molar-refractivity contribution in [1.29, 1.82) is 0 Å². The summed E-state index contributed by atoms with van der Waals surface area (Å²) < 4.78 is 76.7. The predicted molar refractivity (Wildman–Crippen MR) is 119 cm³/mol. The van der Waals surface area contributed by atoms with Gasteiger partial charge in [0.2, 0.25) is 0 Å². The summed E-state index contributed by atoms with van der Waals surface area (Å²) in [5, 5.41) is -0.0598. The molecular weight excluding hydrogens is 485 g/mol. The molecule has 0 aliphatic heterocycles. The first-order chi connectivity index (χ1) is 15.4. The van der Waals surface area contributed by atoms with Crippen molar-refractivity contribution in [3.63, 3.8) is 0 Å². The fourth-order valence-corrected chi connectivity index (χ4v) is 4.88. The van der Waals surface area contributed by atoms with Gasteiger partial charge in [0, 0.05) is 6.26 Å². The van der Waals surface area contributed by atoms with Crippen LogP contribution in [0.25, 0.3) is 11.0 Å². The zero-order chi connectivity index (χ0) is 24.6. The quantitative estimate of drug-likeness (QED) is 0.460. The van der Waals surface area contributed by atoms with Gasteiger partial charge in [-0.05, 0) is 36.8 Å². The highest BCUT2D eigenvalue weighted by atomic mass is 35.5. The van der Waals surface area contributed by atoms with Gasteiger partial charge in [0.05, 0.1) is 41.6 Å². The van der Waals surface area contributed by atoms with E-state index in [0.29, 0.717) is 21.6 Å². The summed E-state index contributed by atoms with van der Waals surface area (Å²) in [6, 6.07) is 7.74. The van der Waals surface area contributed by atoms with Gasteiger partial charge >= 0.3 is 11.9 Å². The number of halogens is 4. The Kier molecular flexibility index (Phi) is 7.04. The fraction of sp³-hybridized carbons (Fsp3) is 0.381. The number of fused-ring (bicyclic) bond motifs is 1. The first kappa shape index (κ1) is 25.0. The minimum Gasteiger partial charge on any atom is -0.493 e. The molecule has 2 aromatic carbocycles. The van der Waals surface area contributed by atoms with Gasteiger partial charge in [-0.3, -0.25) is 9.13 Å². The summed E-state index contributed by atoms with van der Waals surface area (Å²) in [6.45, 7) is 0.464. The van der Waals surface area contributed by atoms with Gasteiger partial charge < -0.3 is 9.47 Å². The van der Waals surface area contributed by atoms with Crippen LogP contribution in [0.1, 0.15) is 18.5 Å². The Balaban J connectivity index is 2.35. The van der Waals surface area contributed by atoms with Crippen molar-refractivity contribution in [2.24, 2.45) is 0 Å². The minimum absolute atomic E-state index is 0.0598. The summed E-state index contributed by atoms with van der Waals surface area (Å²) in [5.74, 6) is 0.150. The van der Waals surface area contributed by atoms with E-state index in [0.717, 1.165) is 10.8 Å². The third kappa shape index (κ3) is 5.47. The van der Waals surface area contributed by atoms with Crippen LogP contribution >= 0.6 is 11.6 Å². The van der Waals surface area contributed by atoms with Crippen LogP contribution in [0.2, 0.25) is 5.02 Å². The molecule has 0 radical (unpaired) electrons. The Labute approximate surface area is 193 Å². The molecule has 33 heavy (non-hydrogen) atoms. The third-order valence-corrected chi connectivity index (χ3v) is 6.14. The van der Waals surface area contributed by atoms with Gasteiger partial charge in [0.1, 0.15) is 16.4 Å². The third-order valence-electron chi connectivity index (χ3n) is 4.91. The lowest BCUT2D eigenvalue weighted by Crippen LogP contribution is -2.34. The smallest absolute Gasteiger partial charge is 0.406 e. The lowest BCUT2D eigenvalue weighted by Gasteiger charge is -2.20. The number of nitrogens with zero attached hydrogens (tertiary/aromatic N) is 2. The normalized spacial score (nSPS) is 13.3. The maximum atomic E-state index is 13.3. The summed E-state index contributed by atoms with van der Waals surface area (Å²) >= 11 is 6.17. The molecule has 0 spiro atoms. The number of sulfone groups is 1. The van der Waals surface area contributed by atoms with E-state index in [1.54, 1.807) is 19.1 Å². The predicted octanol–water partition coefficient (Wildman–Crippen LogP) is 4.06. The number of alkyl halides is 3. The summed E-state index contributed by atoms with van der Waals surface area (Å²) in [7, 11) is -2.24. The molecule has 1 atom stereocenters. The van der Waals surface area contributed by atoms with E-state index >= 15 is 0 Å². The zero-order valence-corrected chi connectivity index (χ0v) is 19.6. The van der Waals surface area contributed by atoms with Crippen LogP contribution in [-0.2, 0) is 16.4 Å². The van der Waals surface area contributed by atoms with Gasteiger partial charge in [-0.15, -0.1) is 0 Å². The first-order valence-corrected chi connectivity index (χ1v) is 12.2. The Morgan fingerprint density at radius 2 is 1.85 bits per heavy atom. The fourth-order valence-electron chi connectivity index (χ4n) is 3.70. The van der Waals surface area contributed by atoms with Crippen molar-refractivity contribution >= 4 is 32.5 Å². The number of aromatic nitrogens is 2. The van der Waals surface area contributed by atoms with Crippen molar-refractivity contribution in [2.75, 3.05) is 25.7 Å². The standard InChI is InChI=1S/C21H22ClF3N2O5S/c1-4-32-18-10-13(8-9-17(18)31-2)16(11-33(3,29)30)27-15-7-5-6-14(22)19(15)26(20(27)28)12-21(23,24)25/h5-10,16H,4,11-12H2,1-3H3/t16-/m0/s1. The lowest BCUT2D eigenvalue weighted by molar-refractivity contribution is -0.140. The number of methoxy groups -OCH3 is 1. The Bertz CT molecular complexity index is 1330. The average molecular weight is 507 g/mol. The van der Waals surface area contributed by atoms with E-state index in [2.05, 4.69) is 0 Å². The van der Waals surface area contributed by atoms with Crippen molar-refractivity contribution in [3.8, 4) is 11.5 Å². The van der Waals surface area contributed by atoms with Crippen LogP contribution in [-0.4, -0.2) is 49.5 Å². The highest BCUT2D eigenvalue weighted by Crippen LogP contribution is 2.34. The second kappa shape index (κ2) is 9.30. The van der Waals surface area contributed by atoms with E-state index in [-0.39, 0.29) is 22.7 Å². The molecule has 1 aromatic heterocycles. The summed E-state index contributed by atoms with van der Waals surface area (Å²) in [5.41, 5.74) is -0.728. The average Bonchev–Trinajstić information content (AvgIpc) is 2.97. The Hall–Kier alpha value is -2.66. The highest BCUT2D eigenvalue weighted by Gasteiger charge is 2.33. The van der Waals surface area contributed by atoms with Crippen LogP contribution in [0.15, 0.2) is 41.2 Å². The Morgan fingerprint density at radius 1 is 1.15 bits per heavy atom. The van der Waals surface area contributed by atoms with Crippen molar-refractivity contribution in [1.82, 2.24) is 9.13 Å². The topological polar surface area (TPSA) is 79.5 Å². The molecule has 0 N–H and O–H groups in total. The van der Waals surface area contributed by atoms with Crippen LogP contribution in [0.4, 0.5) is 13.2 Å². The number of benzene rings is 2. The van der Waals surface area contributed by atoms with Gasteiger partial charge in [0.15, 0.2) is 11.5 Å². The van der Waals surface area contributed by atoms with E-state index in [1.165, 1.54) is 31.4 Å². The number of ether oxygens (including phenoxy) is 2. The number of para-hydroxylation sites is 1. The lowest BCUT2D eigenvalue weighted by atomic mass is 10.1. The number of imidazole rings is 1. The van der Waals surface area contributed by atoms with E-state index in [9.17, 15) is 26.4 Å². The number of hydrogen-bond donors (Lipinski definition) is 0. The Morgan fingerprint density at radius 3 is 2.42 bits per heavy atom. The summed E-state index contributed by atoms with van der Waals surface area (Å²) in [4.78, 5) is 13.3. The van der Waals surface area contributed by atoms with Crippen molar-refractivity contribution < 1.29 is 31.1 Å². The molecule has 180 valence electrons. The second-order valence-electron chi connectivity index (χ2n) is 7.41. The minimum atomic E-state index is -4.70. The van der Waals surface area contributed by atoms with Gasteiger partial charge in [-0.25, -0.2) is 13.2 Å². The zero-order valence-electron chi connectivity index (χ0n) is 18.0. The monoisotopic (exact) mass is 506 g/mol. The van der Waals surface area contributed by atoms with Gasteiger partial charge in [-0.2, -0.15) is 13.2 Å². The van der Waals surface area contributed by atoms with E-state index in [4.69, 9.17) is 21.1 Å². The molecule has 0 saturated heterocycles. The number of rotatable bonds is 8. The van der Waals surface area contributed by atoms with Crippen LogP contribution in [0, 0.1) is 0 Å². The molecule has 0 amide bonds. The molecule has 1 heterocycles. The van der Waals surface area contributed by atoms with Crippen LogP contribution in [0.5, 0.6) is 11.5 Å². The molecule has 0 saturated carbocycles. The molecule has 0 aliphatic carbocycles. The molecular formula is C21H22ClF3N2O5S. The van der Waals surface area contributed by atoms with Gasteiger partial charge in [0.25, 0.3) is 0 Å². The van der Waals surface area contributed by atoms with Crippen molar-refractivity contribution in [3.05, 3.63) is 57.5 Å². The maximum absolute atomic E-state index is 13.3. The molecule has 0 fully saturated rings.